The van der Waals surface area contributed by atoms with Crippen molar-refractivity contribution in [2.45, 2.75) is 12.5 Å². The molecule has 2 N–H and O–H groups in total. The van der Waals surface area contributed by atoms with Gasteiger partial charge in [-0.15, -0.1) is 0 Å². The van der Waals surface area contributed by atoms with Crippen LogP contribution >= 0.6 is 11.6 Å². The van der Waals surface area contributed by atoms with E-state index in [9.17, 15) is 0 Å². The van der Waals surface area contributed by atoms with E-state index in [1.54, 1.807) is 7.11 Å². The number of rotatable bonds is 8. The Hall–Kier alpha value is -1.12. The molecule has 1 atom stereocenters. The molecule has 0 aliphatic rings. The quantitative estimate of drug-likeness (QED) is 0.793. The van der Waals surface area contributed by atoms with Crippen molar-refractivity contribution in [1.29, 1.82) is 5.26 Å². The molecule has 0 saturated carbocycles. The first-order valence-corrected chi connectivity index (χ1v) is 6.66. The number of hydrogen-bond acceptors (Lipinski definition) is 4. The number of halogens is 1. The van der Waals surface area contributed by atoms with Crippen LogP contribution in [0.3, 0.4) is 0 Å². The monoisotopic (exact) mass is 281 g/mol. The van der Waals surface area contributed by atoms with E-state index in [0.717, 1.165) is 12.1 Å². The molecule has 0 saturated heterocycles. The Kier molecular flexibility index (Phi) is 7.46. The first-order valence-electron chi connectivity index (χ1n) is 6.28. The van der Waals surface area contributed by atoms with Crippen LogP contribution in [0.15, 0.2) is 24.3 Å². The molecular formula is C14H20ClN3O. The molecule has 0 bridgehead atoms. The molecule has 0 radical (unpaired) electrons. The van der Waals surface area contributed by atoms with Crippen molar-refractivity contribution in [3.8, 4) is 6.07 Å². The minimum absolute atomic E-state index is 0.0840. The number of ether oxygens (including phenoxy) is 1. The van der Waals surface area contributed by atoms with Crippen molar-refractivity contribution in [2.75, 3.05) is 33.4 Å². The van der Waals surface area contributed by atoms with Crippen LogP contribution in [0.1, 0.15) is 18.0 Å². The zero-order valence-electron chi connectivity index (χ0n) is 11.2. The fourth-order valence-electron chi connectivity index (χ4n) is 2.01. The summed E-state index contributed by atoms with van der Waals surface area (Å²) in [7, 11) is 1.67. The Morgan fingerprint density at radius 2 is 2.05 bits per heavy atom. The van der Waals surface area contributed by atoms with Gasteiger partial charge in [0.1, 0.15) is 0 Å². The molecule has 1 aromatic rings. The van der Waals surface area contributed by atoms with Crippen LogP contribution in [0.25, 0.3) is 0 Å². The van der Waals surface area contributed by atoms with E-state index in [1.165, 1.54) is 0 Å². The van der Waals surface area contributed by atoms with Gasteiger partial charge in [-0.05, 0) is 17.7 Å². The Balaban J connectivity index is 2.81. The fourth-order valence-corrected chi connectivity index (χ4v) is 2.13. The average molecular weight is 282 g/mol. The van der Waals surface area contributed by atoms with E-state index in [0.29, 0.717) is 31.1 Å². The predicted molar refractivity (Wildman–Crippen MR) is 76.9 cm³/mol. The Bertz CT molecular complexity index is 402. The molecule has 0 fully saturated rings. The van der Waals surface area contributed by atoms with Gasteiger partial charge in [-0.3, -0.25) is 4.90 Å². The molecule has 5 heteroatoms. The molecule has 19 heavy (non-hydrogen) atoms. The van der Waals surface area contributed by atoms with Gasteiger partial charge in [0.25, 0.3) is 0 Å². The summed E-state index contributed by atoms with van der Waals surface area (Å²) in [5.41, 5.74) is 7.00. The summed E-state index contributed by atoms with van der Waals surface area (Å²) in [6, 6.07) is 9.93. The van der Waals surface area contributed by atoms with E-state index in [-0.39, 0.29) is 6.04 Å². The first-order chi connectivity index (χ1) is 9.22. The van der Waals surface area contributed by atoms with E-state index in [1.807, 2.05) is 24.3 Å². The molecule has 0 spiro atoms. The molecule has 4 nitrogen and oxygen atoms in total. The van der Waals surface area contributed by atoms with Gasteiger partial charge in [-0.1, -0.05) is 23.7 Å². The number of nitrogens with zero attached hydrogens (tertiary/aromatic N) is 2. The van der Waals surface area contributed by atoms with Crippen molar-refractivity contribution in [3.05, 3.63) is 34.9 Å². The minimum atomic E-state index is 0.0840. The molecule has 0 aliphatic heterocycles. The molecule has 0 aliphatic carbocycles. The van der Waals surface area contributed by atoms with Gasteiger partial charge < -0.3 is 10.5 Å². The lowest BCUT2D eigenvalue weighted by Gasteiger charge is -2.30. The number of nitriles is 1. The second-order valence-electron chi connectivity index (χ2n) is 4.24. The average Bonchev–Trinajstić information content (AvgIpc) is 2.43. The summed E-state index contributed by atoms with van der Waals surface area (Å²) in [5.74, 6) is 0. The van der Waals surface area contributed by atoms with Crippen LogP contribution in [0.4, 0.5) is 0 Å². The zero-order valence-corrected chi connectivity index (χ0v) is 11.9. The minimum Gasteiger partial charge on any atom is -0.383 e. The number of nitrogens with two attached hydrogens (primary N) is 1. The summed E-state index contributed by atoms with van der Waals surface area (Å²) in [6.07, 6.45) is 0.480. The normalized spacial score (nSPS) is 12.4. The largest absolute Gasteiger partial charge is 0.383 e. The molecule has 0 amide bonds. The Morgan fingerprint density at radius 1 is 1.37 bits per heavy atom. The highest BCUT2D eigenvalue weighted by Crippen LogP contribution is 2.21. The molecule has 1 unspecified atom stereocenters. The van der Waals surface area contributed by atoms with Crippen LogP contribution in [-0.4, -0.2) is 38.3 Å². The van der Waals surface area contributed by atoms with Crippen LogP contribution in [0, 0.1) is 11.3 Å². The lowest BCUT2D eigenvalue weighted by atomic mass is 10.1. The lowest BCUT2D eigenvalue weighted by Crippen LogP contribution is -2.36. The first kappa shape index (κ1) is 15.9. The van der Waals surface area contributed by atoms with Crippen molar-refractivity contribution >= 4 is 11.6 Å². The van der Waals surface area contributed by atoms with Gasteiger partial charge >= 0.3 is 0 Å². The maximum absolute atomic E-state index is 8.75. The zero-order chi connectivity index (χ0) is 14.1. The van der Waals surface area contributed by atoms with E-state index in [4.69, 9.17) is 27.3 Å². The van der Waals surface area contributed by atoms with Crippen molar-refractivity contribution < 1.29 is 4.74 Å². The van der Waals surface area contributed by atoms with Gasteiger partial charge in [-0.2, -0.15) is 5.26 Å². The van der Waals surface area contributed by atoms with E-state index < -0.39 is 0 Å². The molecule has 0 heterocycles. The van der Waals surface area contributed by atoms with Crippen molar-refractivity contribution in [3.63, 3.8) is 0 Å². The number of hydrogen-bond donors (Lipinski definition) is 1. The van der Waals surface area contributed by atoms with Crippen LogP contribution in [0.2, 0.25) is 5.02 Å². The van der Waals surface area contributed by atoms with Gasteiger partial charge in [-0.25, -0.2) is 0 Å². The van der Waals surface area contributed by atoms with Gasteiger partial charge in [0, 0.05) is 44.2 Å². The van der Waals surface area contributed by atoms with Gasteiger partial charge in [0.05, 0.1) is 12.7 Å². The molecule has 1 aromatic carbocycles. The maximum Gasteiger partial charge on any atom is 0.0635 e. The smallest absolute Gasteiger partial charge is 0.0635 e. The number of benzene rings is 1. The SMILES string of the molecule is COCCN(CCC#N)C(CN)c1ccc(Cl)cc1. The van der Waals surface area contributed by atoms with E-state index in [2.05, 4.69) is 11.0 Å². The summed E-state index contributed by atoms with van der Waals surface area (Å²) >= 11 is 5.90. The third-order valence-corrected chi connectivity index (χ3v) is 3.26. The summed E-state index contributed by atoms with van der Waals surface area (Å²) < 4.78 is 5.12. The number of methoxy groups -OCH3 is 1. The van der Waals surface area contributed by atoms with Crippen molar-refractivity contribution in [2.24, 2.45) is 5.73 Å². The highest BCUT2D eigenvalue weighted by Gasteiger charge is 2.18. The third-order valence-electron chi connectivity index (χ3n) is 3.01. The fraction of sp³-hybridized carbons (Fsp3) is 0.500. The maximum atomic E-state index is 8.75. The van der Waals surface area contributed by atoms with Crippen LogP contribution < -0.4 is 5.73 Å². The van der Waals surface area contributed by atoms with Crippen molar-refractivity contribution in [1.82, 2.24) is 4.90 Å². The van der Waals surface area contributed by atoms with E-state index >= 15 is 0 Å². The third kappa shape index (κ3) is 5.17. The second-order valence-corrected chi connectivity index (χ2v) is 4.68. The second kappa shape index (κ2) is 8.89. The summed E-state index contributed by atoms with van der Waals surface area (Å²) in [5, 5.41) is 9.45. The predicted octanol–water partition coefficient (Wildman–Crippen LogP) is 2.20. The lowest BCUT2D eigenvalue weighted by molar-refractivity contribution is 0.123. The molecular weight excluding hydrogens is 262 g/mol. The van der Waals surface area contributed by atoms with Crippen LogP contribution in [-0.2, 0) is 4.74 Å². The highest BCUT2D eigenvalue weighted by molar-refractivity contribution is 6.30. The summed E-state index contributed by atoms with van der Waals surface area (Å²) in [4.78, 5) is 2.18. The topological polar surface area (TPSA) is 62.3 Å². The van der Waals surface area contributed by atoms with Gasteiger partial charge in [0.15, 0.2) is 0 Å². The standard InChI is InChI=1S/C14H20ClN3O/c1-19-10-9-18(8-2-7-16)14(11-17)12-3-5-13(15)6-4-12/h3-6,14H,2,8-11,17H2,1H3. The Labute approximate surface area is 119 Å². The molecule has 104 valence electrons. The molecule has 0 aromatic heterocycles. The Morgan fingerprint density at radius 3 is 2.58 bits per heavy atom. The summed E-state index contributed by atoms with van der Waals surface area (Å²) in [6.45, 7) is 2.55. The molecule has 1 rings (SSSR count). The van der Waals surface area contributed by atoms with Gasteiger partial charge in [0.2, 0.25) is 0 Å². The van der Waals surface area contributed by atoms with Crippen LogP contribution in [0.5, 0.6) is 0 Å². The highest BCUT2D eigenvalue weighted by atomic mass is 35.5.